The van der Waals surface area contributed by atoms with Gasteiger partial charge in [0.25, 0.3) is 5.69 Å². The summed E-state index contributed by atoms with van der Waals surface area (Å²) >= 11 is 0. The number of non-ortho nitro benzene ring substituents is 1. The molecule has 1 unspecified atom stereocenters. The Kier molecular flexibility index (Phi) is 14.0. The molecule has 0 saturated heterocycles. The quantitative estimate of drug-likeness (QED) is 0.0776. The van der Waals surface area contributed by atoms with Crippen molar-refractivity contribution in [3.8, 4) is 0 Å². The van der Waals surface area contributed by atoms with Crippen molar-refractivity contribution in [3.05, 3.63) is 63.7 Å². The summed E-state index contributed by atoms with van der Waals surface area (Å²) in [6, 6.07) is 12.8. The number of nitro benzene ring substituents is 1. The minimum absolute atomic E-state index is 0.0118. The molecule has 1 N–H and O–H groups in total. The second kappa shape index (κ2) is 16.4. The minimum Gasteiger partial charge on any atom is -0.417 e. The van der Waals surface area contributed by atoms with E-state index in [1.54, 1.807) is 24.3 Å². The summed E-state index contributed by atoms with van der Waals surface area (Å²) in [5.74, 6) is 1.15. The van der Waals surface area contributed by atoms with E-state index in [1.807, 2.05) is 25.1 Å². The van der Waals surface area contributed by atoms with E-state index in [9.17, 15) is 18.5 Å². The predicted octanol–water partition coefficient (Wildman–Crippen LogP) is 7.38. The van der Waals surface area contributed by atoms with Gasteiger partial charge < -0.3 is 9.33 Å². The summed E-state index contributed by atoms with van der Waals surface area (Å²) in [5, 5.41) is 11.2. The highest BCUT2D eigenvalue weighted by molar-refractivity contribution is 7.89. The number of hydrogen-bond donors (Lipinski definition) is 1. The molecule has 0 aliphatic heterocycles. The van der Waals surface area contributed by atoms with Crippen molar-refractivity contribution in [2.75, 3.05) is 32.1 Å². The van der Waals surface area contributed by atoms with Gasteiger partial charge in [0.2, 0.25) is 10.0 Å². The number of nitrogens with one attached hydrogen (secondary N) is 1. The summed E-state index contributed by atoms with van der Waals surface area (Å²) in [6.07, 6.45) is 6.49. The Hall–Kier alpha value is -2.27. The lowest BCUT2D eigenvalue weighted by molar-refractivity contribution is -0.384. The van der Waals surface area contributed by atoms with E-state index >= 15 is 0 Å². The molecule has 0 radical (unpaired) electrons. The van der Waals surface area contributed by atoms with Gasteiger partial charge in [-0.2, -0.15) is 0 Å². The molecule has 2 aromatic carbocycles. The topological polar surface area (TPSA) is 102 Å². The van der Waals surface area contributed by atoms with Gasteiger partial charge >= 0.3 is 0 Å². The molecule has 0 aliphatic carbocycles. The Morgan fingerprint density at radius 3 is 2.39 bits per heavy atom. The summed E-state index contributed by atoms with van der Waals surface area (Å²) < 4.78 is 36.0. The number of sulfonamides is 1. The number of benzene rings is 2. The fourth-order valence-electron chi connectivity index (χ4n) is 5.28. The van der Waals surface area contributed by atoms with Gasteiger partial charge in [-0.05, 0) is 86.0 Å². The second-order valence-corrected chi connectivity index (χ2v) is 18.3. The molecule has 2 rings (SSSR count). The van der Waals surface area contributed by atoms with Crippen LogP contribution in [0.2, 0.25) is 19.1 Å². The Morgan fingerprint density at radius 2 is 1.76 bits per heavy atom. The largest absolute Gasteiger partial charge is 0.417 e. The Morgan fingerprint density at radius 1 is 1.05 bits per heavy atom. The molecule has 8 nitrogen and oxygen atoms in total. The normalized spacial score (nSPS) is 13.0. The van der Waals surface area contributed by atoms with Gasteiger partial charge in [-0.15, -0.1) is 0 Å². The van der Waals surface area contributed by atoms with Crippen molar-refractivity contribution >= 4 is 29.7 Å². The average molecular weight is 606 g/mol. The predicted molar refractivity (Wildman–Crippen MR) is 172 cm³/mol. The first-order valence-corrected chi connectivity index (χ1v) is 19.5. The van der Waals surface area contributed by atoms with Crippen LogP contribution in [0.1, 0.15) is 70.4 Å². The van der Waals surface area contributed by atoms with Gasteiger partial charge in [0.1, 0.15) is 0 Å². The van der Waals surface area contributed by atoms with Crippen molar-refractivity contribution < 1.29 is 17.8 Å². The van der Waals surface area contributed by atoms with Crippen molar-refractivity contribution in [3.63, 3.8) is 0 Å². The van der Waals surface area contributed by atoms with Crippen LogP contribution >= 0.6 is 0 Å². The SMILES string of the molecule is CCCCC(CCCCNS(=O)(=O)c1ccc(N(C)C)cc1Cc1cccc([N+](=O)[O-])c1)CO[Si](C)(C)CC(C)C. The lowest BCUT2D eigenvalue weighted by Crippen LogP contribution is -2.34. The summed E-state index contributed by atoms with van der Waals surface area (Å²) in [6.45, 7) is 12.5. The van der Waals surface area contributed by atoms with Crippen LogP contribution in [0.5, 0.6) is 0 Å². The van der Waals surface area contributed by atoms with Crippen LogP contribution < -0.4 is 9.62 Å². The zero-order chi connectivity index (χ0) is 30.6. The molecule has 0 heterocycles. The molecular weight excluding hydrogens is 555 g/mol. The first-order valence-electron chi connectivity index (χ1n) is 14.9. The molecule has 0 saturated carbocycles. The van der Waals surface area contributed by atoms with Gasteiger partial charge in [0, 0.05) is 45.1 Å². The van der Waals surface area contributed by atoms with Crippen molar-refractivity contribution in [1.82, 2.24) is 4.72 Å². The highest BCUT2D eigenvalue weighted by Crippen LogP contribution is 2.26. The first kappa shape index (κ1) is 34.9. The number of unbranched alkanes of at least 4 members (excludes halogenated alkanes) is 2. The van der Waals surface area contributed by atoms with E-state index in [0.717, 1.165) is 50.4 Å². The molecule has 230 valence electrons. The van der Waals surface area contributed by atoms with E-state index in [4.69, 9.17) is 4.43 Å². The van der Waals surface area contributed by atoms with Crippen molar-refractivity contribution in [1.29, 1.82) is 0 Å². The van der Waals surface area contributed by atoms with E-state index in [0.29, 0.717) is 29.5 Å². The highest BCUT2D eigenvalue weighted by Gasteiger charge is 2.25. The minimum atomic E-state index is -3.76. The molecule has 1 atom stereocenters. The van der Waals surface area contributed by atoms with Crippen molar-refractivity contribution in [2.24, 2.45) is 11.8 Å². The fraction of sp³-hybridized carbons (Fsp3) is 0.613. The van der Waals surface area contributed by atoms with E-state index in [1.165, 1.54) is 18.6 Å². The van der Waals surface area contributed by atoms with Gasteiger partial charge in [-0.25, -0.2) is 13.1 Å². The van der Waals surface area contributed by atoms with Crippen molar-refractivity contribution in [2.45, 2.75) is 89.8 Å². The van der Waals surface area contributed by atoms with Gasteiger partial charge in [-0.1, -0.05) is 52.2 Å². The maximum atomic E-state index is 13.4. The number of nitro groups is 1. The Balaban J connectivity index is 2.04. The molecule has 0 spiro atoms. The maximum absolute atomic E-state index is 13.4. The maximum Gasteiger partial charge on any atom is 0.269 e. The lowest BCUT2D eigenvalue weighted by atomic mass is 9.97. The van der Waals surface area contributed by atoms with Gasteiger partial charge in [-0.3, -0.25) is 10.1 Å². The zero-order valence-electron chi connectivity index (χ0n) is 26.1. The number of rotatable bonds is 19. The molecule has 41 heavy (non-hydrogen) atoms. The van der Waals surface area contributed by atoms with Crippen LogP contribution in [0.15, 0.2) is 47.4 Å². The van der Waals surface area contributed by atoms with E-state index in [-0.39, 0.29) is 17.0 Å². The third-order valence-corrected chi connectivity index (χ3v) is 11.6. The lowest BCUT2D eigenvalue weighted by Gasteiger charge is -2.28. The zero-order valence-corrected chi connectivity index (χ0v) is 27.9. The third-order valence-electron chi connectivity index (χ3n) is 7.27. The summed E-state index contributed by atoms with van der Waals surface area (Å²) in [7, 11) is -1.64. The monoisotopic (exact) mass is 605 g/mol. The van der Waals surface area contributed by atoms with Crippen LogP contribution in [0.25, 0.3) is 0 Å². The summed E-state index contributed by atoms with van der Waals surface area (Å²) in [5.41, 5.74) is 2.15. The molecule has 0 amide bonds. The van der Waals surface area contributed by atoms with Crippen LogP contribution in [-0.2, 0) is 20.9 Å². The standard InChI is InChI=1S/C31H51N3O5SSi/c1-8-9-13-26(23-39-41(6,7)24-25(2)3)14-10-11-19-32-40(37,38)31-18-17-29(33(4)5)22-28(31)20-27-15-12-16-30(21-27)34(35)36/h12,15-18,21-22,25-26,32H,8-11,13-14,19-20,23-24H2,1-7H3. The van der Waals surface area contributed by atoms with Gasteiger partial charge in [0.05, 0.1) is 9.82 Å². The molecule has 0 bridgehead atoms. The number of anilines is 1. The van der Waals surface area contributed by atoms with Crippen LogP contribution in [0.4, 0.5) is 11.4 Å². The Bertz CT molecular complexity index is 1220. The van der Waals surface area contributed by atoms with Crippen LogP contribution in [-0.4, -0.2) is 48.9 Å². The van der Waals surface area contributed by atoms with Crippen LogP contribution in [0.3, 0.4) is 0 Å². The number of hydrogen-bond acceptors (Lipinski definition) is 6. The Labute approximate surface area is 249 Å². The second-order valence-electron chi connectivity index (χ2n) is 12.4. The molecule has 0 aliphatic rings. The average Bonchev–Trinajstić information content (AvgIpc) is 2.88. The summed E-state index contributed by atoms with van der Waals surface area (Å²) in [4.78, 5) is 12.9. The first-order chi connectivity index (χ1) is 19.2. The molecular formula is C31H51N3O5SSi. The molecule has 0 aromatic heterocycles. The van der Waals surface area contributed by atoms with Crippen LogP contribution in [0, 0.1) is 22.0 Å². The molecule has 2 aromatic rings. The molecule has 0 fully saturated rings. The van der Waals surface area contributed by atoms with E-state index < -0.39 is 23.3 Å². The highest BCUT2D eigenvalue weighted by atomic mass is 32.2. The third kappa shape index (κ3) is 12.2. The smallest absolute Gasteiger partial charge is 0.269 e. The van der Waals surface area contributed by atoms with Gasteiger partial charge in [0.15, 0.2) is 8.32 Å². The molecule has 10 heteroatoms. The number of nitrogens with zero attached hydrogens (tertiary/aromatic N) is 2. The fourth-order valence-corrected chi connectivity index (χ4v) is 9.34. The van der Waals surface area contributed by atoms with E-state index in [2.05, 4.69) is 38.6 Å².